The summed E-state index contributed by atoms with van der Waals surface area (Å²) in [4.78, 5) is 27.5. The molecule has 3 rings (SSSR count). The van der Waals surface area contributed by atoms with Gasteiger partial charge in [0, 0.05) is 37.4 Å². The summed E-state index contributed by atoms with van der Waals surface area (Å²) in [6.45, 7) is 4.97. The van der Waals surface area contributed by atoms with E-state index < -0.39 is 0 Å². The number of nitrogens with zero attached hydrogens (tertiary/aromatic N) is 2. The molecule has 6 heteroatoms. The molecule has 0 radical (unpaired) electrons. The molecular weight excluding hydrogens is 344 g/mol. The maximum Gasteiger partial charge on any atom is 0.260 e. The van der Waals surface area contributed by atoms with Crippen LogP contribution >= 0.6 is 0 Å². The number of carbonyl (C=O) groups is 2. The van der Waals surface area contributed by atoms with Gasteiger partial charge in [0.15, 0.2) is 18.1 Å². The van der Waals surface area contributed by atoms with E-state index in [1.807, 2.05) is 17.0 Å². The standard InChI is InChI=1S/C21H24N2O4/c1-16-5-3-4-6-18(16)22-9-11-23(12-10-22)21(25)15-27-19-8-7-17(14-24)13-20(19)26-2/h3-8,13-14H,9-12,15H2,1-2H3. The van der Waals surface area contributed by atoms with Crippen LogP contribution in [-0.2, 0) is 4.79 Å². The highest BCUT2D eigenvalue weighted by Gasteiger charge is 2.22. The molecule has 1 amide bonds. The minimum Gasteiger partial charge on any atom is -0.493 e. The molecular formula is C21H24N2O4. The number of hydrogen-bond donors (Lipinski definition) is 0. The molecule has 1 fully saturated rings. The van der Waals surface area contributed by atoms with Gasteiger partial charge in [0.25, 0.3) is 5.91 Å². The molecule has 1 aliphatic heterocycles. The normalized spacial score (nSPS) is 14.0. The van der Waals surface area contributed by atoms with Crippen molar-refractivity contribution >= 4 is 17.9 Å². The minimum absolute atomic E-state index is 0.0544. The lowest BCUT2D eigenvalue weighted by Gasteiger charge is -2.36. The molecule has 142 valence electrons. The third-order valence-corrected chi connectivity index (χ3v) is 4.76. The number of aldehydes is 1. The van der Waals surface area contributed by atoms with Gasteiger partial charge in [-0.3, -0.25) is 9.59 Å². The fourth-order valence-corrected chi connectivity index (χ4v) is 3.22. The van der Waals surface area contributed by atoms with Gasteiger partial charge in [0.1, 0.15) is 6.29 Å². The zero-order valence-electron chi connectivity index (χ0n) is 15.7. The summed E-state index contributed by atoms with van der Waals surface area (Å²) < 4.78 is 10.9. The lowest BCUT2D eigenvalue weighted by atomic mass is 10.1. The second kappa shape index (κ2) is 8.58. The Kier molecular flexibility index (Phi) is 5.96. The molecule has 0 bridgehead atoms. The average Bonchev–Trinajstić information content (AvgIpc) is 2.72. The van der Waals surface area contributed by atoms with Gasteiger partial charge in [-0.05, 0) is 36.8 Å². The molecule has 0 saturated carbocycles. The van der Waals surface area contributed by atoms with Crippen molar-refractivity contribution in [1.29, 1.82) is 0 Å². The van der Waals surface area contributed by atoms with Gasteiger partial charge in [-0.1, -0.05) is 18.2 Å². The monoisotopic (exact) mass is 368 g/mol. The quantitative estimate of drug-likeness (QED) is 0.734. The average molecular weight is 368 g/mol. The van der Waals surface area contributed by atoms with Crippen molar-refractivity contribution < 1.29 is 19.1 Å². The topological polar surface area (TPSA) is 59.1 Å². The highest BCUT2D eigenvalue weighted by atomic mass is 16.5. The summed E-state index contributed by atoms with van der Waals surface area (Å²) in [6, 6.07) is 13.2. The van der Waals surface area contributed by atoms with Crippen LogP contribution in [0.4, 0.5) is 5.69 Å². The molecule has 0 unspecified atom stereocenters. The number of rotatable bonds is 6. The molecule has 1 aliphatic rings. The van der Waals surface area contributed by atoms with Crippen LogP contribution in [0.5, 0.6) is 11.5 Å². The predicted molar refractivity (Wildman–Crippen MR) is 104 cm³/mol. The third-order valence-electron chi connectivity index (χ3n) is 4.76. The van der Waals surface area contributed by atoms with Gasteiger partial charge < -0.3 is 19.3 Å². The van der Waals surface area contributed by atoms with Gasteiger partial charge >= 0.3 is 0 Å². The van der Waals surface area contributed by atoms with Crippen LogP contribution in [0.25, 0.3) is 0 Å². The van der Waals surface area contributed by atoms with Crippen molar-refractivity contribution in [2.45, 2.75) is 6.92 Å². The largest absolute Gasteiger partial charge is 0.493 e. The van der Waals surface area contributed by atoms with Crippen LogP contribution in [0.3, 0.4) is 0 Å². The third kappa shape index (κ3) is 4.39. The SMILES string of the molecule is COc1cc(C=O)ccc1OCC(=O)N1CCN(c2ccccc2C)CC1. The number of anilines is 1. The van der Waals surface area contributed by atoms with Crippen molar-refractivity contribution in [2.24, 2.45) is 0 Å². The zero-order chi connectivity index (χ0) is 19.2. The van der Waals surface area contributed by atoms with Crippen molar-refractivity contribution in [3.05, 3.63) is 53.6 Å². The first-order valence-electron chi connectivity index (χ1n) is 8.96. The van der Waals surface area contributed by atoms with E-state index in [1.54, 1.807) is 18.2 Å². The first-order chi connectivity index (χ1) is 13.1. The van der Waals surface area contributed by atoms with E-state index >= 15 is 0 Å². The number of amides is 1. The molecule has 0 spiro atoms. The molecule has 0 aliphatic carbocycles. The van der Waals surface area contributed by atoms with E-state index in [0.717, 1.165) is 19.4 Å². The van der Waals surface area contributed by atoms with Crippen LogP contribution in [-0.4, -0.2) is 57.0 Å². The Morgan fingerprint density at radius 2 is 1.81 bits per heavy atom. The number of carbonyl (C=O) groups excluding carboxylic acids is 2. The predicted octanol–water partition coefficient (Wildman–Crippen LogP) is 2.54. The molecule has 0 atom stereocenters. The molecule has 2 aromatic carbocycles. The summed E-state index contributed by atoms with van der Waals surface area (Å²) >= 11 is 0. The Balaban J connectivity index is 1.54. The summed E-state index contributed by atoms with van der Waals surface area (Å²) in [7, 11) is 1.50. The molecule has 0 N–H and O–H groups in total. The number of piperazine rings is 1. The van der Waals surface area contributed by atoms with Gasteiger partial charge in [0.2, 0.25) is 0 Å². The van der Waals surface area contributed by atoms with E-state index in [9.17, 15) is 9.59 Å². The highest BCUT2D eigenvalue weighted by Crippen LogP contribution is 2.27. The Labute approximate surface area is 159 Å². The smallest absolute Gasteiger partial charge is 0.260 e. The number of benzene rings is 2. The van der Waals surface area contributed by atoms with E-state index in [1.165, 1.54) is 18.4 Å². The number of hydrogen-bond acceptors (Lipinski definition) is 5. The fourth-order valence-electron chi connectivity index (χ4n) is 3.22. The van der Waals surface area contributed by atoms with Gasteiger partial charge in [-0.15, -0.1) is 0 Å². The maximum atomic E-state index is 12.5. The van der Waals surface area contributed by atoms with E-state index in [2.05, 4.69) is 24.0 Å². The van der Waals surface area contributed by atoms with Crippen molar-refractivity contribution in [3.8, 4) is 11.5 Å². The van der Waals surface area contributed by atoms with Crippen molar-refractivity contribution in [2.75, 3.05) is 44.8 Å². The summed E-state index contributed by atoms with van der Waals surface area (Å²) in [5.41, 5.74) is 2.96. The van der Waals surface area contributed by atoms with E-state index in [-0.39, 0.29) is 12.5 Å². The van der Waals surface area contributed by atoms with Crippen LogP contribution in [0.1, 0.15) is 15.9 Å². The Morgan fingerprint density at radius 3 is 2.48 bits per heavy atom. The van der Waals surface area contributed by atoms with Crippen LogP contribution in [0, 0.1) is 6.92 Å². The summed E-state index contributed by atoms with van der Waals surface area (Å²) in [5.74, 6) is 0.840. The van der Waals surface area contributed by atoms with Crippen LogP contribution in [0.15, 0.2) is 42.5 Å². The van der Waals surface area contributed by atoms with Crippen molar-refractivity contribution in [1.82, 2.24) is 4.90 Å². The Hall–Kier alpha value is -3.02. The number of aryl methyl sites for hydroxylation is 1. The molecule has 27 heavy (non-hydrogen) atoms. The second-order valence-corrected chi connectivity index (χ2v) is 6.47. The maximum absolute atomic E-state index is 12.5. The number of ether oxygens (including phenoxy) is 2. The fraction of sp³-hybridized carbons (Fsp3) is 0.333. The molecule has 1 heterocycles. The lowest BCUT2D eigenvalue weighted by Crippen LogP contribution is -2.50. The van der Waals surface area contributed by atoms with Crippen LogP contribution in [0.2, 0.25) is 0 Å². The van der Waals surface area contributed by atoms with Crippen LogP contribution < -0.4 is 14.4 Å². The number of methoxy groups -OCH3 is 1. The molecule has 6 nitrogen and oxygen atoms in total. The Morgan fingerprint density at radius 1 is 1.07 bits per heavy atom. The summed E-state index contributed by atoms with van der Waals surface area (Å²) in [6.07, 6.45) is 0.741. The Bertz CT molecular complexity index is 814. The highest BCUT2D eigenvalue weighted by molar-refractivity contribution is 5.79. The zero-order valence-corrected chi connectivity index (χ0v) is 15.7. The molecule has 2 aromatic rings. The van der Waals surface area contributed by atoms with Gasteiger partial charge in [0.05, 0.1) is 7.11 Å². The minimum atomic E-state index is -0.0547. The second-order valence-electron chi connectivity index (χ2n) is 6.47. The van der Waals surface area contributed by atoms with E-state index in [4.69, 9.17) is 9.47 Å². The van der Waals surface area contributed by atoms with Crippen molar-refractivity contribution in [3.63, 3.8) is 0 Å². The molecule has 0 aromatic heterocycles. The van der Waals surface area contributed by atoms with E-state index in [0.29, 0.717) is 30.2 Å². The lowest BCUT2D eigenvalue weighted by molar-refractivity contribution is -0.133. The van der Waals surface area contributed by atoms with Gasteiger partial charge in [-0.25, -0.2) is 0 Å². The first-order valence-corrected chi connectivity index (χ1v) is 8.96. The van der Waals surface area contributed by atoms with Gasteiger partial charge in [-0.2, -0.15) is 0 Å². The first kappa shape index (κ1) is 18.8. The number of para-hydroxylation sites is 1. The summed E-state index contributed by atoms with van der Waals surface area (Å²) in [5, 5.41) is 0. The molecule has 1 saturated heterocycles.